The molecule has 0 aliphatic carbocycles. The summed E-state index contributed by atoms with van der Waals surface area (Å²) in [6.45, 7) is 4.20. The Kier molecular flexibility index (Phi) is 3.84. The van der Waals surface area contributed by atoms with Crippen LogP contribution in [0.1, 0.15) is 35.6 Å². The Morgan fingerprint density at radius 3 is 3.06 bits per heavy atom. The van der Waals surface area contributed by atoms with E-state index in [4.69, 9.17) is 10.2 Å². The van der Waals surface area contributed by atoms with Crippen LogP contribution in [0.4, 0.5) is 0 Å². The summed E-state index contributed by atoms with van der Waals surface area (Å²) in [5.41, 5.74) is 5.57. The van der Waals surface area contributed by atoms with Gasteiger partial charge in [0.05, 0.1) is 0 Å². The number of carbonyl (C=O) groups excluding carboxylic acids is 1. The van der Waals surface area contributed by atoms with Gasteiger partial charge in [-0.25, -0.2) is 0 Å². The van der Waals surface area contributed by atoms with Gasteiger partial charge in [0.1, 0.15) is 5.76 Å². The van der Waals surface area contributed by atoms with Gasteiger partial charge >= 0.3 is 0 Å². The van der Waals surface area contributed by atoms with E-state index in [2.05, 4.69) is 0 Å². The summed E-state index contributed by atoms with van der Waals surface area (Å²) in [5.74, 6) is 1.80. The minimum atomic E-state index is 0.0137. The number of carbonyl (C=O) groups is 1. The molecule has 1 aliphatic heterocycles. The van der Waals surface area contributed by atoms with Gasteiger partial charge in [-0.05, 0) is 50.8 Å². The zero-order chi connectivity index (χ0) is 12.3. The molecule has 0 bridgehead atoms. The third kappa shape index (κ3) is 2.88. The average molecular weight is 236 g/mol. The Labute approximate surface area is 102 Å². The number of aryl methyl sites for hydroxylation is 1. The highest BCUT2D eigenvalue weighted by atomic mass is 16.3. The number of furan rings is 1. The van der Waals surface area contributed by atoms with Crippen LogP contribution in [0.15, 0.2) is 16.5 Å². The van der Waals surface area contributed by atoms with Crippen molar-refractivity contribution in [3.8, 4) is 0 Å². The van der Waals surface area contributed by atoms with E-state index in [1.165, 1.54) is 6.42 Å². The van der Waals surface area contributed by atoms with E-state index in [9.17, 15) is 4.79 Å². The summed E-state index contributed by atoms with van der Waals surface area (Å²) in [7, 11) is 0. The zero-order valence-electron chi connectivity index (χ0n) is 10.3. The van der Waals surface area contributed by atoms with E-state index in [-0.39, 0.29) is 5.91 Å². The van der Waals surface area contributed by atoms with Crippen LogP contribution in [0.25, 0.3) is 0 Å². The van der Waals surface area contributed by atoms with E-state index in [1.54, 1.807) is 6.07 Å². The first-order valence-corrected chi connectivity index (χ1v) is 6.26. The molecule has 4 nitrogen and oxygen atoms in total. The number of amides is 1. The topological polar surface area (TPSA) is 59.5 Å². The van der Waals surface area contributed by atoms with E-state index >= 15 is 0 Å². The molecule has 1 saturated heterocycles. The third-order valence-electron chi connectivity index (χ3n) is 3.33. The highest BCUT2D eigenvalue weighted by molar-refractivity contribution is 5.91. The van der Waals surface area contributed by atoms with Crippen LogP contribution in [0.3, 0.4) is 0 Å². The van der Waals surface area contributed by atoms with Crippen molar-refractivity contribution < 1.29 is 9.21 Å². The van der Waals surface area contributed by atoms with E-state index in [0.717, 1.165) is 31.7 Å². The van der Waals surface area contributed by atoms with Crippen molar-refractivity contribution in [1.29, 1.82) is 0 Å². The van der Waals surface area contributed by atoms with E-state index in [0.29, 0.717) is 18.2 Å². The second-order valence-electron chi connectivity index (χ2n) is 4.75. The molecule has 17 heavy (non-hydrogen) atoms. The van der Waals surface area contributed by atoms with Gasteiger partial charge in [-0.15, -0.1) is 0 Å². The molecule has 2 N–H and O–H groups in total. The summed E-state index contributed by atoms with van der Waals surface area (Å²) >= 11 is 0. The molecular weight excluding hydrogens is 216 g/mol. The first-order chi connectivity index (χ1) is 8.20. The maximum Gasteiger partial charge on any atom is 0.289 e. The molecule has 0 radical (unpaired) electrons. The highest BCUT2D eigenvalue weighted by Gasteiger charge is 2.25. The predicted octanol–water partition coefficient (Wildman–Crippen LogP) is 1.79. The maximum absolute atomic E-state index is 12.2. The fourth-order valence-corrected chi connectivity index (χ4v) is 2.43. The lowest BCUT2D eigenvalue weighted by Crippen LogP contribution is -2.40. The Morgan fingerprint density at radius 2 is 2.41 bits per heavy atom. The number of nitrogens with zero attached hydrogens (tertiary/aromatic N) is 1. The van der Waals surface area contributed by atoms with Gasteiger partial charge in [-0.3, -0.25) is 4.79 Å². The number of rotatable bonds is 3. The average Bonchev–Trinajstić information content (AvgIpc) is 2.76. The largest absolute Gasteiger partial charge is 0.456 e. The van der Waals surface area contributed by atoms with Gasteiger partial charge in [0, 0.05) is 13.1 Å². The van der Waals surface area contributed by atoms with Gasteiger partial charge < -0.3 is 15.1 Å². The van der Waals surface area contributed by atoms with Crippen molar-refractivity contribution in [3.05, 3.63) is 23.7 Å². The summed E-state index contributed by atoms with van der Waals surface area (Å²) in [6, 6.07) is 3.58. The van der Waals surface area contributed by atoms with Gasteiger partial charge in [-0.2, -0.15) is 0 Å². The number of likely N-dealkylation sites (tertiary alicyclic amines) is 1. The van der Waals surface area contributed by atoms with Crippen molar-refractivity contribution >= 4 is 5.91 Å². The molecule has 4 heteroatoms. The maximum atomic E-state index is 12.2. The zero-order valence-corrected chi connectivity index (χ0v) is 10.3. The number of hydrogen-bond acceptors (Lipinski definition) is 3. The van der Waals surface area contributed by atoms with E-state index < -0.39 is 0 Å². The van der Waals surface area contributed by atoms with Crippen molar-refractivity contribution in [2.24, 2.45) is 11.7 Å². The van der Waals surface area contributed by atoms with Crippen molar-refractivity contribution in [3.63, 3.8) is 0 Å². The van der Waals surface area contributed by atoms with Crippen LogP contribution in [-0.4, -0.2) is 30.4 Å². The molecule has 1 unspecified atom stereocenters. The Balaban J connectivity index is 1.99. The van der Waals surface area contributed by atoms with Crippen LogP contribution in [0, 0.1) is 12.8 Å². The molecule has 94 valence electrons. The lowest BCUT2D eigenvalue weighted by Gasteiger charge is -2.32. The molecule has 1 fully saturated rings. The van der Waals surface area contributed by atoms with Crippen LogP contribution in [-0.2, 0) is 0 Å². The summed E-state index contributed by atoms with van der Waals surface area (Å²) in [5, 5.41) is 0. The molecule has 1 aliphatic rings. The minimum absolute atomic E-state index is 0.0137. The molecule has 1 aromatic rings. The quantitative estimate of drug-likeness (QED) is 0.870. The molecule has 2 heterocycles. The third-order valence-corrected chi connectivity index (χ3v) is 3.33. The molecular formula is C13H20N2O2. The lowest BCUT2D eigenvalue weighted by atomic mass is 9.95. The number of piperidine rings is 1. The highest BCUT2D eigenvalue weighted by Crippen LogP contribution is 2.21. The van der Waals surface area contributed by atoms with Gasteiger partial charge in [0.15, 0.2) is 5.76 Å². The second kappa shape index (κ2) is 5.36. The van der Waals surface area contributed by atoms with Crippen molar-refractivity contribution in [2.45, 2.75) is 26.2 Å². The smallest absolute Gasteiger partial charge is 0.289 e. The molecule has 0 saturated carbocycles. The number of nitrogens with two attached hydrogens (primary N) is 1. The van der Waals surface area contributed by atoms with E-state index in [1.807, 2.05) is 17.9 Å². The van der Waals surface area contributed by atoms with Gasteiger partial charge in [-0.1, -0.05) is 0 Å². The SMILES string of the molecule is Cc1ccc(C(=O)N2CCCC(CCN)C2)o1. The second-order valence-corrected chi connectivity index (χ2v) is 4.75. The molecule has 2 rings (SSSR count). The molecule has 0 aromatic carbocycles. The predicted molar refractivity (Wildman–Crippen MR) is 65.7 cm³/mol. The van der Waals surface area contributed by atoms with Crippen LogP contribution in [0.5, 0.6) is 0 Å². The molecule has 1 atom stereocenters. The summed E-state index contributed by atoms with van der Waals surface area (Å²) in [6.07, 6.45) is 3.25. The normalized spacial score (nSPS) is 20.6. The molecule has 0 spiro atoms. The number of hydrogen-bond donors (Lipinski definition) is 1. The van der Waals surface area contributed by atoms with Crippen LogP contribution < -0.4 is 5.73 Å². The van der Waals surface area contributed by atoms with Gasteiger partial charge in [0.25, 0.3) is 5.91 Å². The van der Waals surface area contributed by atoms with Gasteiger partial charge in [0.2, 0.25) is 0 Å². The fraction of sp³-hybridized carbons (Fsp3) is 0.615. The van der Waals surface area contributed by atoms with Crippen molar-refractivity contribution in [1.82, 2.24) is 4.90 Å². The molecule has 1 aromatic heterocycles. The monoisotopic (exact) mass is 236 g/mol. The van der Waals surface area contributed by atoms with Crippen molar-refractivity contribution in [2.75, 3.05) is 19.6 Å². The summed E-state index contributed by atoms with van der Waals surface area (Å²) in [4.78, 5) is 14.1. The first kappa shape index (κ1) is 12.2. The Bertz CT molecular complexity index is 385. The standard InChI is InChI=1S/C13H20N2O2/c1-10-4-5-12(17-10)13(16)15-8-2-3-11(9-15)6-7-14/h4-5,11H,2-3,6-9,14H2,1H3. The Morgan fingerprint density at radius 1 is 1.59 bits per heavy atom. The lowest BCUT2D eigenvalue weighted by molar-refractivity contribution is 0.0636. The molecule has 1 amide bonds. The fourth-order valence-electron chi connectivity index (χ4n) is 2.43. The van der Waals surface area contributed by atoms with Crippen LogP contribution >= 0.6 is 0 Å². The minimum Gasteiger partial charge on any atom is -0.456 e. The first-order valence-electron chi connectivity index (χ1n) is 6.26. The summed E-state index contributed by atoms with van der Waals surface area (Å²) < 4.78 is 5.38. The van der Waals surface area contributed by atoms with Crippen LogP contribution in [0.2, 0.25) is 0 Å². The Hall–Kier alpha value is -1.29.